The van der Waals surface area contributed by atoms with Gasteiger partial charge in [-0.2, -0.15) is 0 Å². The van der Waals surface area contributed by atoms with Crippen LogP contribution in [0, 0.1) is 0 Å². The van der Waals surface area contributed by atoms with Gasteiger partial charge in [0.25, 0.3) is 0 Å². The molecule has 0 aliphatic carbocycles. The van der Waals surface area contributed by atoms with Gasteiger partial charge in [0.05, 0.1) is 7.11 Å². The lowest BCUT2D eigenvalue weighted by Gasteiger charge is -2.06. The highest BCUT2D eigenvalue weighted by Crippen LogP contribution is 2.14. The van der Waals surface area contributed by atoms with Crippen molar-refractivity contribution in [1.82, 2.24) is 0 Å². The summed E-state index contributed by atoms with van der Waals surface area (Å²) < 4.78 is 4.46. The van der Waals surface area contributed by atoms with Gasteiger partial charge in [0.2, 0.25) is 5.91 Å². The number of hydrogen-bond acceptors (Lipinski definition) is 3. The molecule has 0 heterocycles. The molecule has 0 spiro atoms. The van der Waals surface area contributed by atoms with Crippen LogP contribution in [0.4, 0.5) is 16.2 Å². The molecule has 0 aromatic heterocycles. The summed E-state index contributed by atoms with van der Waals surface area (Å²) in [4.78, 5) is 22.4. The summed E-state index contributed by atoms with van der Waals surface area (Å²) in [6.45, 7) is 0. The van der Waals surface area contributed by atoms with Crippen LogP contribution in [0.25, 0.3) is 0 Å². The van der Waals surface area contributed by atoms with E-state index in [1.165, 1.54) is 7.11 Å². The molecule has 0 unspecified atom stereocenters. The lowest BCUT2D eigenvalue weighted by molar-refractivity contribution is -0.116. The van der Waals surface area contributed by atoms with E-state index in [9.17, 15) is 9.59 Å². The number of ether oxygens (including phenoxy) is 1. The molecule has 2 amide bonds. The van der Waals surface area contributed by atoms with Crippen LogP contribution in [-0.4, -0.2) is 25.0 Å². The molecule has 98 valence electrons. The number of hydrogen-bond donors (Lipinski definition) is 2. The molecule has 1 rings (SSSR count). The summed E-state index contributed by atoms with van der Waals surface area (Å²) in [5, 5.41) is 5.24. The number of benzene rings is 1. The number of rotatable bonds is 5. The minimum atomic E-state index is -0.533. The zero-order chi connectivity index (χ0) is 13.4. The van der Waals surface area contributed by atoms with Crippen LogP contribution in [0.1, 0.15) is 12.8 Å². The molecule has 5 nitrogen and oxygen atoms in total. The molecule has 0 saturated heterocycles. The predicted molar refractivity (Wildman–Crippen MR) is 71.1 cm³/mol. The maximum absolute atomic E-state index is 11.4. The number of methoxy groups -OCH3 is 1. The van der Waals surface area contributed by atoms with Crippen LogP contribution in [0.15, 0.2) is 24.3 Å². The third kappa shape index (κ3) is 5.05. The predicted octanol–water partition coefficient (Wildman–Crippen LogP) is 2.82. The normalized spacial score (nSPS) is 9.67. The third-order valence-corrected chi connectivity index (χ3v) is 2.41. The van der Waals surface area contributed by atoms with Gasteiger partial charge in [-0.3, -0.25) is 10.1 Å². The Hall–Kier alpha value is -1.75. The topological polar surface area (TPSA) is 67.4 Å². The van der Waals surface area contributed by atoms with Crippen LogP contribution < -0.4 is 10.6 Å². The van der Waals surface area contributed by atoms with Crippen molar-refractivity contribution in [3.63, 3.8) is 0 Å². The van der Waals surface area contributed by atoms with Crippen LogP contribution in [0.5, 0.6) is 0 Å². The van der Waals surface area contributed by atoms with Crippen molar-refractivity contribution >= 4 is 35.0 Å². The molecule has 0 fully saturated rings. The van der Waals surface area contributed by atoms with Crippen molar-refractivity contribution in [3.8, 4) is 0 Å². The highest BCUT2D eigenvalue weighted by Gasteiger charge is 2.03. The number of amides is 2. The number of nitrogens with one attached hydrogen (secondary N) is 2. The summed E-state index contributed by atoms with van der Waals surface area (Å²) >= 11 is 5.50. The zero-order valence-corrected chi connectivity index (χ0v) is 10.8. The number of carbonyl (C=O) groups excluding carboxylic acids is 2. The molecule has 6 heteroatoms. The van der Waals surface area contributed by atoms with Crippen molar-refractivity contribution in [2.75, 3.05) is 23.6 Å². The average molecular weight is 271 g/mol. The summed E-state index contributed by atoms with van der Waals surface area (Å²) in [6.07, 6.45) is 0.509. The van der Waals surface area contributed by atoms with E-state index in [0.717, 1.165) is 0 Å². The maximum Gasteiger partial charge on any atom is 0.411 e. The van der Waals surface area contributed by atoms with Gasteiger partial charge in [-0.15, -0.1) is 11.6 Å². The van der Waals surface area contributed by atoms with Gasteiger partial charge in [0.1, 0.15) is 0 Å². The largest absolute Gasteiger partial charge is 0.453 e. The smallest absolute Gasteiger partial charge is 0.411 e. The first-order valence-corrected chi connectivity index (χ1v) is 6.00. The second kappa shape index (κ2) is 7.55. The third-order valence-electron chi connectivity index (χ3n) is 2.14. The molecule has 0 aliphatic rings. The Kier molecular flexibility index (Phi) is 6.00. The summed E-state index contributed by atoms with van der Waals surface area (Å²) in [7, 11) is 1.29. The second-order valence-electron chi connectivity index (χ2n) is 3.53. The van der Waals surface area contributed by atoms with E-state index < -0.39 is 6.09 Å². The lowest BCUT2D eigenvalue weighted by Crippen LogP contribution is -2.12. The number of alkyl halides is 1. The molecule has 0 radical (unpaired) electrons. The van der Waals surface area contributed by atoms with Crippen LogP contribution in [0.3, 0.4) is 0 Å². The molecule has 18 heavy (non-hydrogen) atoms. The van der Waals surface area contributed by atoms with Gasteiger partial charge in [-0.05, 0) is 30.7 Å². The van der Waals surface area contributed by atoms with Crippen molar-refractivity contribution in [1.29, 1.82) is 0 Å². The van der Waals surface area contributed by atoms with Crippen molar-refractivity contribution < 1.29 is 14.3 Å². The monoisotopic (exact) mass is 270 g/mol. The maximum atomic E-state index is 11.4. The fourth-order valence-corrected chi connectivity index (χ4v) is 1.39. The van der Waals surface area contributed by atoms with Crippen molar-refractivity contribution in [2.45, 2.75) is 12.8 Å². The van der Waals surface area contributed by atoms with E-state index in [2.05, 4.69) is 15.4 Å². The minimum Gasteiger partial charge on any atom is -0.453 e. The van der Waals surface area contributed by atoms with E-state index in [4.69, 9.17) is 11.6 Å². The van der Waals surface area contributed by atoms with E-state index in [1.54, 1.807) is 24.3 Å². The number of carbonyl (C=O) groups is 2. The molecule has 0 atom stereocenters. The quantitative estimate of drug-likeness (QED) is 0.809. The van der Waals surface area contributed by atoms with Gasteiger partial charge in [0, 0.05) is 23.7 Å². The van der Waals surface area contributed by atoms with Gasteiger partial charge in [-0.1, -0.05) is 0 Å². The molecule has 0 saturated carbocycles. The Bertz CT molecular complexity index is 406. The van der Waals surface area contributed by atoms with Crippen LogP contribution in [0.2, 0.25) is 0 Å². The van der Waals surface area contributed by atoms with Gasteiger partial charge >= 0.3 is 6.09 Å². The first-order valence-electron chi connectivity index (χ1n) is 5.46. The van der Waals surface area contributed by atoms with Gasteiger partial charge in [-0.25, -0.2) is 4.79 Å². The van der Waals surface area contributed by atoms with Crippen LogP contribution >= 0.6 is 11.6 Å². The Balaban J connectivity index is 2.49. The Labute approximate surface area is 110 Å². The molecular formula is C12H15ClN2O3. The fourth-order valence-electron chi connectivity index (χ4n) is 1.26. The van der Waals surface area contributed by atoms with Crippen LogP contribution in [-0.2, 0) is 9.53 Å². The fraction of sp³-hybridized carbons (Fsp3) is 0.333. The van der Waals surface area contributed by atoms with Gasteiger partial charge < -0.3 is 10.1 Å². The van der Waals surface area contributed by atoms with E-state index in [-0.39, 0.29) is 5.91 Å². The Morgan fingerprint density at radius 1 is 1.17 bits per heavy atom. The molecule has 0 bridgehead atoms. The lowest BCUT2D eigenvalue weighted by atomic mass is 10.2. The highest BCUT2D eigenvalue weighted by atomic mass is 35.5. The van der Waals surface area contributed by atoms with Crippen molar-refractivity contribution in [3.05, 3.63) is 24.3 Å². The molecule has 1 aromatic rings. The van der Waals surface area contributed by atoms with Gasteiger partial charge in [0.15, 0.2) is 0 Å². The van der Waals surface area contributed by atoms with E-state index in [1.807, 2.05) is 0 Å². The Morgan fingerprint density at radius 3 is 2.22 bits per heavy atom. The highest BCUT2D eigenvalue weighted by molar-refractivity contribution is 6.18. The first kappa shape index (κ1) is 14.3. The molecule has 1 aromatic carbocycles. The van der Waals surface area contributed by atoms with E-state index >= 15 is 0 Å². The minimum absolute atomic E-state index is 0.0793. The zero-order valence-electron chi connectivity index (χ0n) is 10.0. The first-order chi connectivity index (χ1) is 8.65. The number of halogens is 1. The molecular weight excluding hydrogens is 256 g/mol. The SMILES string of the molecule is COC(=O)Nc1ccc(NC(=O)CCCCl)cc1. The summed E-state index contributed by atoms with van der Waals surface area (Å²) in [6, 6.07) is 6.75. The summed E-state index contributed by atoms with van der Waals surface area (Å²) in [5.74, 6) is 0.388. The molecule has 0 aliphatic heterocycles. The number of anilines is 2. The van der Waals surface area contributed by atoms with Crippen molar-refractivity contribution in [2.24, 2.45) is 0 Å². The standard InChI is InChI=1S/C12H15ClN2O3/c1-18-12(17)15-10-6-4-9(5-7-10)14-11(16)3-2-8-13/h4-7H,2-3,8H2,1H3,(H,14,16)(H,15,17). The molecule has 2 N–H and O–H groups in total. The second-order valence-corrected chi connectivity index (χ2v) is 3.91. The van der Waals surface area contributed by atoms with E-state index in [0.29, 0.717) is 30.1 Å². The average Bonchev–Trinajstić information content (AvgIpc) is 2.38. The summed E-state index contributed by atoms with van der Waals surface area (Å²) in [5.41, 5.74) is 1.27. The Morgan fingerprint density at radius 2 is 1.72 bits per heavy atom.